The minimum atomic E-state index is -1.03. The molecule has 0 amide bonds. The highest BCUT2D eigenvalue weighted by atomic mass is 32.1. The van der Waals surface area contributed by atoms with Crippen LogP contribution < -0.4 is 0 Å². The van der Waals surface area contributed by atoms with E-state index in [9.17, 15) is 13.6 Å². The van der Waals surface area contributed by atoms with Crippen LogP contribution in [0.4, 0.5) is 8.78 Å². The maximum absolute atomic E-state index is 13.7. The SMILES string of the molecule is O=C(O)c1ccc(-c2ccc(F)cc2F)cc1CCS. The Kier molecular flexibility index (Phi) is 4.39. The fourth-order valence-electron chi connectivity index (χ4n) is 2.02. The van der Waals surface area contributed by atoms with E-state index in [0.29, 0.717) is 23.3 Å². The molecule has 0 saturated heterocycles. The Hall–Kier alpha value is -1.88. The van der Waals surface area contributed by atoms with E-state index in [-0.39, 0.29) is 11.1 Å². The van der Waals surface area contributed by atoms with Crippen LogP contribution in [0.5, 0.6) is 0 Å². The largest absolute Gasteiger partial charge is 0.478 e. The lowest BCUT2D eigenvalue weighted by molar-refractivity contribution is 0.0696. The molecule has 2 aromatic carbocycles. The zero-order chi connectivity index (χ0) is 14.7. The summed E-state index contributed by atoms with van der Waals surface area (Å²) in [4.78, 5) is 11.1. The van der Waals surface area contributed by atoms with E-state index >= 15 is 0 Å². The summed E-state index contributed by atoms with van der Waals surface area (Å²) < 4.78 is 26.6. The van der Waals surface area contributed by atoms with Gasteiger partial charge >= 0.3 is 5.97 Å². The molecular weight excluding hydrogens is 282 g/mol. The van der Waals surface area contributed by atoms with Gasteiger partial charge in [-0.3, -0.25) is 0 Å². The monoisotopic (exact) mass is 294 g/mol. The number of hydrogen-bond acceptors (Lipinski definition) is 2. The quantitative estimate of drug-likeness (QED) is 0.842. The van der Waals surface area contributed by atoms with Crippen LogP contribution in [0, 0.1) is 11.6 Å². The summed E-state index contributed by atoms with van der Waals surface area (Å²) in [7, 11) is 0. The molecular formula is C15H12F2O2S. The third kappa shape index (κ3) is 2.99. The molecule has 0 bridgehead atoms. The zero-order valence-electron chi connectivity index (χ0n) is 10.4. The van der Waals surface area contributed by atoms with Crippen molar-refractivity contribution in [2.45, 2.75) is 6.42 Å². The van der Waals surface area contributed by atoms with Gasteiger partial charge in [0.15, 0.2) is 0 Å². The van der Waals surface area contributed by atoms with Crippen LogP contribution in [0.3, 0.4) is 0 Å². The van der Waals surface area contributed by atoms with Crippen molar-refractivity contribution >= 4 is 18.6 Å². The molecule has 0 spiro atoms. The molecule has 0 aliphatic heterocycles. The highest BCUT2D eigenvalue weighted by Crippen LogP contribution is 2.26. The van der Waals surface area contributed by atoms with Gasteiger partial charge in [0.05, 0.1) is 5.56 Å². The van der Waals surface area contributed by atoms with Gasteiger partial charge in [0.2, 0.25) is 0 Å². The Labute approximate surface area is 120 Å². The van der Waals surface area contributed by atoms with E-state index in [0.717, 1.165) is 6.07 Å². The molecule has 0 aromatic heterocycles. The molecule has 5 heteroatoms. The van der Waals surface area contributed by atoms with Crippen LogP contribution in [0.25, 0.3) is 11.1 Å². The van der Waals surface area contributed by atoms with Gasteiger partial charge in [-0.1, -0.05) is 12.1 Å². The van der Waals surface area contributed by atoms with Crippen molar-refractivity contribution < 1.29 is 18.7 Å². The smallest absolute Gasteiger partial charge is 0.335 e. The molecule has 0 saturated carbocycles. The third-order valence-corrected chi connectivity index (χ3v) is 3.18. The molecule has 0 aliphatic carbocycles. The molecule has 2 rings (SSSR count). The molecule has 0 radical (unpaired) electrons. The molecule has 1 N–H and O–H groups in total. The number of carboxylic acid groups (broad SMARTS) is 1. The molecule has 2 aromatic rings. The van der Waals surface area contributed by atoms with E-state index in [4.69, 9.17) is 5.11 Å². The summed E-state index contributed by atoms with van der Waals surface area (Å²) in [6.45, 7) is 0. The van der Waals surface area contributed by atoms with Crippen molar-refractivity contribution in [2.24, 2.45) is 0 Å². The van der Waals surface area contributed by atoms with Crippen molar-refractivity contribution in [1.82, 2.24) is 0 Å². The predicted octanol–water partition coefficient (Wildman–Crippen LogP) is 3.80. The Morgan fingerprint density at radius 3 is 2.50 bits per heavy atom. The van der Waals surface area contributed by atoms with E-state index in [1.807, 2.05) is 0 Å². The summed E-state index contributed by atoms with van der Waals surface area (Å²) >= 11 is 4.09. The van der Waals surface area contributed by atoms with Crippen LogP contribution >= 0.6 is 12.6 Å². The Balaban J connectivity index is 2.52. The summed E-state index contributed by atoms with van der Waals surface area (Å²) in [6, 6.07) is 7.86. The number of aromatic carboxylic acids is 1. The van der Waals surface area contributed by atoms with E-state index in [1.54, 1.807) is 6.07 Å². The van der Waals surface area contributed by atoms with Gasteiger partial charge in [0, 0.05) is 11.6 Å². The van der Waals surface area contributed by atoms with Crippen LogP contribution in [-0.4, -0.2) is 16.8 Å². The Bertz CT molecular complexity index is 656. The number of carboxylic acids is 1. The molecule has 2 nitrogen and oxygen atoms in total. The number of hydrogen-bond donors (Lipinski definition) is 2. The van der Waals surface area contributed by atoms with E-state index in [2.05, 4.69) is 12.6 Å². The normalized spacial score (nSPS) is 10.6. The second-order valence-electron chi connectivity index (χ2n) is 4.27. The number of rotatable bonds is 4. The van der Waals surface area contributed by atoms with Crippen molar-refractivity contribution in [3.63, 3.8) is 0 Å². The Morgan fingerprint density at radius 1 is 1.15 bits per heavy atom. The molecule has 0 atom stereocenters. The van der Waals surface area contributed by atoms with Crippen molar-refractivity contribution in [3.05, 3.63) is 59.2 Å². The highest BCUT2D eigenvalue weighted by molar-refractivity contribution is 7.80. The lowest BCUT2D eigenvalue weighted by Crippen LogP contribution is -2.03. The molecule has 104 valence electrons. The second-order valence-corrected chi connectivity index (χ2v) is 4.72. The lowest BCUT2D eigenvalue weighted by Gasteiger charge is -2.09. The number of benzene rings is 2. The predicted molar refractivity (Wildman–Crippen MR) is 76.3 cm³/mol. The average molecular weight is 294 g/mol. The number of halogens is 2. The van der Waals surface area contributed by atoms with Gasteiger partial charge in [0.1, 0.15) is 11.6 Å². The van der Waals surface area contributed by atoms with Crippen molar-refractivity contribution in [3.8, 4) is 11.1 Å². The third-order valence-electron chi connectivity index (χ3n) is 2.96. The summed E-state index contributed by atoms with van der Waals surface area (Å²) in [5.41, 5.74) is 1.51. The topological polar surface area (TPSA) is 37.3 Å². The summed E-state index contributed by atoms with van der Waals surface area (Å²) in [5.74, 6) is -1.88. The van der Waals surface area contributed by atoms with Crippen LogP contribution in [0.15, 0.2) is 36.4 Å². The minimum absolute atomic E-state index is 0.172. The average Bonchev–Trinajstić information content (AvgIpc) is 2.38. The first-order valence-electron chi connectivity index (χ1n) is 5.95. The van der Waals surface area contributed by atoms with Crippen molar-refractivity contribution in [2.75, 3.05) is 5.75 Å². The number of aryl methyl sites for hydroxylation is 1. The van der Waals surface area contributed by atoms with Gasteiger partial charge in [0.25, 0.3) is 0 Å². The van der Waals surface area contributed by atoms with Gasteiger partial charge < -0.3 is 5.11 Å². The van der Waals surface area contributed by atoms with Gasteiger partial charge in [-0.2, -0.15) is 12.6 Å². The van der Waals surface area contributed by atoms with E-state index < -0.39 is 17.6 Å². The first kappa shape index (κ1) is 14.5. The number of carbonyl (C=O) groups is 1. The molecule has 0 heterocycles. The van der Waals surface area contributed by atoms with Crippen LogP contribution in [0.1, 0.15) is 15.9 Å². The summed E-state index contributed by atoms with van der Waals surface area (Å²) in [6.07, 6.45) is 0.460. The minimum Gasteiger partial charge on any atom is -0.478 e. The van der Waals surface area contributed by atoms with E-state index in [1.165, 1.54) is 24.3 Å². The van der Waals surface area contributed by atoms with Gasteiger partial charge in [-0.15, -0.1) is 0 Å². The van der Waals surface area contributed by atoms with Crippen molar-refractivity contribution in [1.29, 1.82) is 0 Å². The fourth-order valence-corrected chi connectivity index (χ4v) is 2.26. The zero-order valence-corrected chi connectivity index (χ0v) is 11.3. The molecule has 0 fully saturated rings. The highest BCUT2D eigenvalue weighted by Gasteiger charge is 2.13. The second kappa shape index (κ2) is 6.05. The first-order chi connectivity index (χ1) is 9.52. The van der Waals surface area contributed by atoms with Gasteiger partial charge in [-0.25, -0.2) is 13.6 Å². The van der Waals surface area contributed by atoms with Crippen LogP contribution in [0.2, 0.25) is 0 Å². The molecule has 0 unspecified atom stereocenters. The maximum atomic E-state index is 13.7. The van der Waals surface area contributed by atoms with Crippen LogP contribution in [-0.2, 0) is 6.42 Å². The number of thiol groups is 1. The molecule has 0 aliphatic rings. The molecule has 20 heavy (non-hydrogen) atoms. The lowest BCUT2D eigenvalue weighted by atomic mass is 9.97. The maximum Gasteiger partial charge on any atom is 0.335 e. The first-order valence-corrected chi connectivity index (χ1v) is 6.58. The van der Waals surface area contributed by atoms with Gasteiger partial charge in [-0.05, 0) is 41.5 Å². The Morgan fingerprint density at radius 2 is 1.90 bits per heavy atom. The standard InChI is InChI=1S/C15H12F2O2S/c16-11-2-4-12(14(17)8-11)9-1-3-13(15(18)19)10(7-9)5-6-20/h1-4,7-8,20H,5-6H2,(H,18,19). The fraction of sp³-hybridized carbons (Fsp3) is 0.133. The summed E-state index contributed by atoms with van der Waals surface area (Å²) in [5, 5.41) is 9.10.